The van der Waals surface area contributed by atoms with Crippen molar-refractivity contribution in [2.45, 2.75) is 26.3 Å². The van der Waals surface area contributed by atoms with E-state index in [1.807, 2.05) is 45.0 Å². The van der Waals surface area contributed by atoms with Crippen molar-refractivity contribution in [3.63, 3.8) is 0 Å². The van der Waals surface area contributed by atoms with Crippen LogP contribution in [0, 0.1) is 6.92 Å². The summed E-state index contributed by atoms with van der Waals surface area (Å²) in [7, 11) is 1.77. The second kappa shape index (κ2) is 4.97. The largest absolute Gasteiger partial charge is 0.324 e. The van der Waals surface area contributed by atoms with Crippen LogP contribution in [0.5, 0.6) is 0 Å². The average molecular weight is 257 g/mol. The smallest absolute Gasteiger partial charge is 0.244 e. The van der Waals surface area contributed by atoms with Gasteiger partial charge in [0.1, 0.15) is 0 Å². The third-order valence-electron chi connectivity index (χ3n) is 3.41. The number of rotatable bonds is 3. The predicted molar refractivity (Wildman–Crippen MR) is 78.2 cm³/mol. The zero-order valence-corrected chi connectivity index (χ0v) is 11.7. The van der Waals surface area contributed by atoms with Gasteiger partial charge in [0.25, 0.3) is 0 Å². The van der Waals surface area contributed by atoms with Gasteiger partial charge in [0.15, 0.2) is 0 Å². The molecule has 0 aliphatic rings. The highest BCUT2D eigenvalue weighted by Crippen LogP contribution is 2.25. The molecule has 0 aliphatic heterocycles. The molecule has 2 rings (SSSR count). The quantitative estimate of drug-likeness (QED) is 0.888. The van der Waals surface area contributed by atoms with Gasteiger partial charge in [-0.1, -0.05) is 6.07 Å². The first-order valence-electron chi connectivity index (χ1n) is 6.30. The van der Waals surface area contributed by atoms with E-state index in [1.54, 1.807) is 13.2 Å². The van der Waals surface area contributed by atoms with Crippen molar-refractivity contribution in [2.75, 3.05) is 12.4 Å². The van der Waals surface area contributed by atoms with Crippen LogP contribution in [0.15, 0.2) is 30.5 Å². The number of aromatic nitrogens is 1. The predicted octanol–water partition coefficient (Wildman–Crippen LogP) is 2.48. The Bertz CT molecular complexity index is 620. The molecule has 1 amide bonds. The van der Waals surface area contributed by atoms with Gasteiger partial charge >= 0.3 is 0 Å². The number of benzene rings is 1. The Morgan fingerprint density at radius 1 is 1.26 bits per heavy atom. The van der Waals surface area contributed by atoms with Gasteiger partial charge in [0.05, 0.1) is 16.7 Å². The highest BCUT2D eigenvalue weighted by Gasteiger charge is 2.25. The molecule has 2 aromatic rings. The maximum absolute atomic E-state index is 12.2. The molecule has 0 radical (unpaired) electrons. The van der Waals surface area contributed by atoms with E-state index < -0.39 is 5.54 Å². The zero-order valence-electron chi connectivity index (χ0n) is 11.7. The Balaban J connectivity index is 2.42. The Kier molecular flexibility index (Phi) is 3.53. The lowest BCUT2D eigenvalue weighted by molar-refractivity contribution is -0.121. The minimum absolute atomic E-state index is 0.0657. The van der Waals surface area contributed by atoms with E-state index in [1.165, 1.54) is 0 Å². The number of carbonyl (C=O) groups is 1. The minimum Gasteiger partial charge on any atom is -0.324 e. The van der Waals surface area contributed by atoms with Gasteiger partial charge in [0.2, 0.25) is 5.91 Å². The van der Waals surface area contributed by atoms with Crippen LogP contribution in [0.4, 0.5) is 5.69 Å². The monoisotopic (exact) mass is 257 g/mol. The van der Waals surface area contributed by atoms with Crippen LogP contribution >= 0.6 is 0 Å². The number of fused-ring (bicyclic) bond motifs is 1. The molecule has 0 aliphatic carbocycles. The number of likely N-dealkylation sites (N-methyl/N-ethyl adjacent to an activating group) is 1. The maximum atomic E-state index is 12.2. The van der Waals surface area contributed by atoms with Crippen LogP contribution in [-0.2, 0) is 4.79 Å². The molecular weight excluding hydrogens is 238 g/mol. The molecule has 0 fully saturated rings. The van der Waals surface area contributed by atoms with Crippen molar-refractivity contribution >= 4 is 22.5 Å². The number of aryl methyl sites for hydroxylation is 1. The van der Waals surface area contributed by atoms with Crippen LogP contribution in [0.3, 0.4) is 0 Å². The molecule has 0 atom stereocenters. The summed E-state index contributed by atoms with van der Waals surface area (Å²) in [6.07, 6.45) is 1.76. The molecule has 4 nitrogen and oxygen atoms in total. The summed E-state index contributed by atoms with van der Waals surface area (Å²) in [6.45, 7) is 5.70. The van der Waals surface area contributed by atoms with Gasteiger partial charge in [-0.3, -0.25) is 9.78 Å². The lowest BCUT2D eigenvalue weighted by atomic mass is 10.0. The number of carbonyl (C=O) groups excluding carboxylic acids is 1. The van der Waals surface area contributed by atoms with Crippen LogP contribution in [0.2, 0.25) is 0 Å². The zero-order chi connectivity index (χ0) is 14.0. The summed E-state index contributed by atoms with van der Waals surface area (Å²) in [5.41, 5.74) is 2.20. The third kappa shape index (κ3) is 2.58. The van der Waals surface area contributed by atoms with Crippen molar-refractivity contribution in [3.05, 3.63) is 36.0 Å². The number of nitrogens with one attached hydrogen (secondary N) is 2. The number of pyridine rings is 1. The molecule has 19 heavy (non-hydrogen) atoms. The summed E-state index contributed by atoms with van der Waals surface area (Å²) in [5, 5.41) is 6.92. The fraction of sp³-hybridized carbons (Fsp3) is 0.333. The van der Waals surface area contributed by atoms with Crippen LogP contribution in [0.25, 0.3) is 10.9 Å². The van der Waals surface area contributed by atoms with Crippen molar-refractivity contribution in [1.29, 1.82) is 0 Å². The molecule has 4 heteroatoms. The second-order valence-electron chi connectivity index (χ2n) is 5.16. The van der Waals surface area contributed by atoms with Gasteiger partial charge in [-0.15, -0.1) is 0 Å². The topological polar surface area (TPSA) is 54.0 Å². The van der Waals surface area contributed by atoms with E-state index in [9.17, 15) is 4.79 Å². The van der Waals surface area contributed by atoms with Gasteiger partial charge in [-0.2, -0.15) is 0 Å². The van der Waals surface area contributed by atoms with Crippen LogP contribution in [-0.4, -0.2) is 23.5 Å². The molecule has 0 unspecified atom stereocenters. The Morgan fingerprint density at radius 2 is 2.00 bits per heavy atom. The van der Waals surface area contributed by atoms with Crippen molar-refractivity contribution in [1.82, 2.24) is 10.3 Å². The lowest BCUT2D eigenvalue weighted by Crippen LogP contribution is -2.47. The highest BCUT2D eigenvalue weighted by atomic mass is 16.2. The lowest BCUT2D eigenvalue weighted by Gasteiger charge is -2.23. The molecule has 0 saturated carbocycles. The Hall–Kier alpha value is -1.94. The summed E-state index contributed by atoms with van der Waals surface area (Å²) in [6, 6.07) is 7.73. The highest BCUT2D eigenvalue weighted by molar-refractivity contribution is 6.04. The number of hydrogen-bond donors (Lipinski definition) is 2. The number of nitrogens with zero attached hydrogens (tertiary/aromatic N) is 1. The normalized spacial score (nSPS) is 11.6. The van der Waals surface area contributed by atoms with Crippen molar-refractivity contribution < 1.29 is 4.79 Å². The fourth-order valence-electron chi connectivity index (χ4n) is 1.82. The summed E-state index contributed by atoms with van der Waals surface area (Å²) >= 11 is 0. The Labute approximate surface area is 113 Å². The van der Waals surface area contributed by atoms with E-state index in [0.717, 1.165) is 22.2 Å². The first kappa shape index (κ1) is 13.5. The van der Waals surface area contributed by atoms with E-state index in [-0.39, 0.29) is 5.91 Å². The first-order valence-corrected chi connectivity index (χ1v) is 6.30. The van der Waals surface area contributed by atoms with Crippen molar-refractivity contribution in [2.24, 2.45) is 0 Å². The third-order valence-corrected chi connectivity index (χ3v) is 3.41. The molecule has 100 valence electrons. The second-order valence-corrected chi connectivity index (χ2v) is 5.16. The number of anilines is 1. The molecule has 2 N–H and O–H groups in total. The minimum atomic E-state index is -0.612. The maximum Gasteiger partial charge on any atom is 0.244 e. The van der Waals surface area contributed by atoms with Crippen LogP contribution < -0.4 is 10.6 Å². The van der Waals surface area contributed by atoms with Gasteiger partial charge < -0.3 is 10.6 Å². The molecule has 1 aromatic heterocycles. The molecule has 0 bridgehead atoms. The molecule has 0 spiro atoms. The summed E-state index contributed by atoms with van der Waals surface area (Å²) in [4.78, 5) is 16.6. The van der Waals surface area contributed by atoms with E-state index in [0.29, 0.717) is 0 Å². The Morgan fingerprint density at radius 3 is 2.68 bits per heavy atom. The van der Waals surface area contributed by atoms with Crippen molar-refractivity contribution in [3.8, 4) is 0 Å². The van der Waals surface area contributed by atoms with E-state index in [2.05, 4.69) is 15.6 Å². The van der Waals surface area contributed by atoms with E-state index >= 15 is 0 Å². The SMILES string of the molecule is CNC(C)(C)C(=O)Nc1ccc(C)c2ncccc12. The number of amides is 1. The summed E-state index contributed by atoms with van der Waals surface area (Å²) < 4.78 is 0. The average Bonchev–Trinajstić information content (AvgIpc) is 2.42. The molecular formula is C15H19N3O. The fourth-order valence-corrected chi connectivity index (χ4v) is 1.82. The number of hydrogen-bond acceptors (Lipinski definition) is 3. The van der Waals surface area contributed by atoms with Gasteiger partial charge in [-0.25, -0.2) is 0 Å². The molecule has 0 saturated heterocycles. The molecule has 1 heterocycles. The van der Waals surface area contributed by atoms with Crippen LogP contribution in [0.1, 0.15) is 19.4 Å². The van der Waals surface area contributed by atoms with E-state index in [4.69, 9.17) is 0 Å². The molecule has 1 aromatic carbocycles. The first-order chi connectivity index (χ1) is 8.95. The van der Waals surface area contributed by atoms with Gasteiger partial charge in [-0.05, 0) is 51.6 Å². The standard InChI is InChI=1S/C15H19N3O/c1-10-7-8-12(11-6-5-9-17-13(10)11)18-14(19)15(2,3)16-4/h5-9,16H,1-4H3,(H,18,19). The summed E-state index contributed by atoms with van der Waals surface area (Å²) in [5.74, 6) is -0.0657. The van der Waals surface area contributed by atoms with Gasteiger partial charge in [0, 0.05) is 11.6 Å².